The minimum Gasteiger partial charge on any atom is -0.342 e. The van der Waals surface area contributed by atoms with Gasteiger partial charge in [-0.25, -0.2) is 4.79 Å². The van der Waals surface area contributed by atoms with Crippen molar-refractivity contribution in [2.75, 3.05) is 59.4 Å². The molecule has 25 heavy (non-hydrogen) atoms. The van der Waals surface area contributed by atoms with Crippen LogP contribution in [0.4, 0.5) is 4.79 Å². The second kappa shape index (κ2) is 6.78. The first-order valence-corrected chi connectivity index (χ1v) is 10.1. The highest BCUT2D eigenvalue weighted by molar-refractivity contribution is 5.86. The van der Waals surface area contributed by atoms with Crippen LogP contribution < -0.4 is 0 Å². The molecule has 0 aromatic rings. The molecule has 0 bridgehead atoms. The second-order valence-electron chi connectivity index (χ2n) is 8.68. The summed E-state index contributed by atoms with van der Waals surface area (Å²) in [6.07, 6.45) is 6.79. The molecule has 4 rings (SSSR count). The van der Waals surface area contributed by atoms with Gasteiger partial charge in [0.05, 0.1) is 5.41 Å². The molecule has 1 saturated carbocycles. The average molecular weight is 348 g/mol. The molecule has 3 heterocycles. The number of rotatable bonds is 2. The highest BCUT2D eigenvalue weighted by atomic mass is 16.2. The van der Waals surface area contributed by atoms with E-state index in [-0.39, 0.29) is 11.4 Å². The van der Waals surface area contributed by atoms with Crippen molar-refractivity contribution in [2.24, 2.45) is 11.3 Å². The smallest absolute Gasteiger partial charge is 0.320 e. The first kappa shape index (κ1) is 17.1. The van der Waals surface area contributed by atoms with Crippen molar-refractivity contribution in [3.8, 4) is 0 Å². The summed E-state index contributed by atoms with van der Waals surface area (Å²) in [6, 6.07) is 0.147. The number of amides is 3. The van der Waals surface area contributed by atoms with Crippen molar-refractivity contribution in [3.63, 3.8) is 0 Å². The van der Waals surface area contributed by atoms with Crippen LogP contribution in [-0.4, -0.2) is 90.9 Å². The Morgan fingerprint density at radius 3 is 2.44 bits per heavy atom. The van der Waals surface area contributed by atoms with E-state index in [4.69, 9.17) is 0 Å². The lowest BCUT2D eigenvalue weighted by molar-refractivity contribution is -0.146. The lowest BCUT2D eigenvalue weighted by Gasteiger charge is -2.42. The summed E-state index contributed by atoms with van der Waals surface area (Å²) >= 11 is 0. The number of hydrogen-bond donors (Lipinski definition) is 0. The van der Waals surface area contributed by atoms with Crippen LogP contribution in [-0.2, 0) is 4.79 Å². The molecule has 6 heteroatoms. The maximum Gasteiger partial charge on any atom is 0.320 e. The van der Waals surface area contributed by atoms with E-state index >= 15 is 0 Å². The molecule has 3 saturated heterocycles. The highest BCUT2D eigenvalue weighted by Gasteiger charge is 2.50. The molecule has 0 aromatic carbocycles. The number of urea groups is 1. The topological polar surface area (TPSA) is 47.1 Å². The van der Waals surface area contributed by atoms with Crippen molar-refractivity contribution in [1.82, 2.24) is 19.6 Å². The lowest BCUT2D eigenvalue weighted by atomic mass is 9.77. The number of carbonyl (C=O) groups is 2. The molecule has 1 aliphatic carbocycles. The van der Waals surface area contributed by atoms with E-state index < -0.39 is 0 Å². The molecule has 4 aliphatic rings. The molecule has 1 atom stereocenters. The summed E-state index contributed by atoms with van der Waals surface area (Å²) in [4.78, 5) is 34.4. The Morgan fingerprint density at radius 2 is 1.76 bits per heavy atom. The summed E-state index contributed by atoms with van der Waals surface area (Å²) in [5.74, 6) is 1.06. The highest BCUT2D eigenvalue weighted by Crippen LogP contribution is 2.41. The van der Waals surface area contributed by atoms with E-state index in [1.54, 1.807) is 0 Å². The number of nitrogens with zero attached hydrogens (tertiary/aromatic N) is 4. The van der Waals surface area contributed by atoms with Gasteiger partial charge >= 0.3 is 6.03 Å². The third-order valence-electron chi connectivity index (χ3n) is 6.93. The Balaban J connectivity index is 1.38. The maximum atomic E-state index is 13.2. The Bertz CT molecular complexity index is 528. The Hall–Kier alpha value is -1.30. The van der Waals surface area contributed by atoms with E-state index in [1.165, 1.54) is 19.3 Å². The van der Waals surface area contributed by atoms with E-state index in [9.17, 15) is 9.59 Å². The van der Waals surface area contributed by atoms with Gasteiger partial charge in [-0.2, -0.15) is 0 Å². The number of likely N-dealkylation sites (N-methyl/N-ethyl adjacent to an activating group) is 1. The molecule has 4 fully saturated rings. The van der Waals surface area contributed by atoms with E-state index in [1.807, 2.05) is 9.80 Å². The fourth-order valence-corrected chi connectivity index (χ4v) is 4.93. The van der Waals surface area contributed by atoms with Crippen LogP contribution in [0.15, 0.2) is 0 Å². The summed E-state index contributed by atoms with van der Waals surface area (Å²) < 4.78 is 0. The van der Waals surface area contributed by atoms with Crippen LogP contribution >= 0.6 is 0 Å². The predicted molar refractivity (Wildman–Crippen MR) is 96.2 cm³/mol. The third kappa shape index (κ3) is 3.25. The molecule has 0 radical (unpaired) electrons. The zero-order valence-corrected chi connectivity index (χ0v) is 15.6. The Kier molecular flexibility index (Phi) is 4.65. The number of hydrogen-bond acceptors (Lipinski definition) is 3. The molecular formula is C19H32N4O2. The SMILES string of the molecule is CN1CCN(C(=O)N2CCC3(CCCN(CC4CCC4)C3=O)C2)CC1. The van der Waals surface area contributed by atoms with Gasteiger partial charge in [-0.1, -0.05) is 6.42 Å². The maximum absolute atomic E-state index is 13.2. The van der Waals surface area contributed by atoms with Crippen molar-refractivity contribution in [1.29, 1.82) is 0 Å². The van der Waals surface area contributed by atoms with E-state index in [0.29, 0.717) is 12.5 Å². The van der Waals surface area contributed by atoms with Gasteiger partial charge in [0.1, 0.15) is 0 Å². The van der Waals surface area contributed by atoms with Gasteiger partial charge in [0.15, 0.2) is 0 Å². The monoisotopic (exact) mass is 348 g/mol. The van der Waals surface area contributed by atoms with Gasteiger partial charge in [0, 0.05) is 52.4 Å². The molecule has 140 valence electrons. The Labute approximate surface area is 151 Å². The van der Waals surface area contributed by atoms with Crippen LogP contribution in [0.3, 0.4) is 0 Å². The van der Waals surface area contributed by atoms with Gasteiger partial charge < -0.3 is 19.6 Å². The van der Waals surface area contributed by atoms with Crippen LogP contribution in [0.2, 0.25) is 0 Å². The summed E-state index contributed by atoms with van der Waals surface area (Å²) in [5.41, 5.74) is -0.287. The first-order chi connectivity index (χ1) is 12.1. The largest absolute Gasteiger partial charge is 0.342 e. The van der Waals surface area contributed by atoms with Gasteiger partial charge in [-0.3, -0.25) is 4.79 Å². The molecule has 3 amide bonds. The quantitative estimate of drug-likeness (QED) is 0.759. The molecule has 3 aliphatic heterocycles. The normalized spacial score (nSPS) is 31.7. The average Bonchev–Trinajstić information content (AvgIpc) is 3.00. The van der Waals surface area contributed by atoms with E-state index in [2.05, 4.69) is 16.8 Å². The lowest BCUT2D eigenvalue weighted by Crippen LogP contribution is -2.54. The van der Waals surface area contributed by atoms with Gasteiger partial charge in [-0.05, 0) is 45.1 Å². The number of likely N-dealkylation sites (tertiary alicyclic amines) is 2. The van der Waals surface area contributed by atoms with Crippen LogP contribution in [0, 0.1) is 11.3 Å². The minimum atomic E-state index is -0.287. The van der Waals surface area contributed by atoms with Crippen LogP contribution in [0.1, 0.15) is 38.5 Å². The number of carbonyl (C=O) groups excluding carboxylic acids is 2. The molecule has 1 spiro atoms. The van der Waals surface area contributed by atoms with Crippen molar-refractivity contribution < 1.29 is 9.59 Å². The molecule has 0 aromatic heterocycles. The Morgan fingerprint density at radius 1 is 1.00 bits per heavy atom. The predicted octanol–water partition coefficient (Wildman–Crippen LogP) is 1.47. The zero-order valence-electron chi connectivity index (χ0n) is 15.6. The first-order valence-electron chi connectivity index (χ1n) is 10.1. The molecule has 6 nitrogen and oxygen atoms in total. The van der Waals surface area contributed by atoms with Gasteiger partial charge in [0.25, 0.3) is 0 Å². The number of piperidine rings is 1. The second-order valence-corrected chi connectivity index (χ2v) is 8.68. The third-order valence-corrected chi connectivity index (χ3v) is 6.93. The zero-order chi connectivity index (χ0) is 17.4. The van der Waals surface area contributed by atoms with Crippen molar-refractivity contribution in [2.45, 2.75) is 38.5 Å². The van der Waals surface area contributed by atoms with Gasteiger partial charge in [-0.15, -0.1) is 0 Å². The van der Waals surface area contributed by atoms with Crippen LogP contribution in [0.25, 0.3) is 0 Å². The van der Waals surface area contributed by atoms with Gasteiger partial charge in [0.2, 0.25) is 5.91 Å². The minimum absolute atomic E-state index is 0.147. The molecule has 0 N–H and O–H groups in total. The summed E-state index contributed by atoms with van der Waals surface area (Å²) in [6.45, 7) is 6.75. The number of piperazine rings is 1. The summed E-state index contributed by atoms with van der Waals surface area (Å²) in [5, 5.41) is 0. The van der Waals surface area contributed by atoms with Crippen LogP contribution in [0.5, 0.6) is 0 Å². The standard InChI is InChI=1S/C19H32N4O2/c1-20-10-12-21(13-11-20)18(25)23-9-7-19(15-23)6-3-8-22(17(19)24)14-16-4-2-5-16/h16H,2-15H2,1H3. The fourth-order valence-electron chi connectivity index (χ4n) is 4.93. The molecule has 1 unspecified atom stereocenters. The van der Waals surface area contributed by atoms with Crippen molar-refractivity contribution >= 4 is 11.9 Å². The fraction of sp³-hybridized carbons (Fsp3) is 0.895. The molecular weight excluding hydrogens is 316 g/mol. The van der Waals surface area contributed by atoms with E-state index in [0.717, 1.165) is 71.0 Å². The summed E-state index contributed by atoms with van der Waals surface area (Å²) in [7, 11) is 2.10. The van der Waals surface area contributed by atoms with Crippen molar-refractivity contribution in [3.05, 3.63) is 0 Å².